The van der Waals surface area contributed by atoms with Gasteiger partial charge in [0.25, 0.3) is 0 Å². The molecule has 2 rings (SSSR count). The van der Waals surface area contributed by atoms with E-state index in [2.05, 4.69) is 21.0 Å². The van der Waals surface area contributed by atoms with Gasteiger partial charge in [0.15, 0.2) is 0 Å². The van der Waals surface area contributed by atoms with E-state index in [4.69, 9.17) is 4.74 Å². The van der Waals surface area contributed by atoms with Crippen molar-refractivity contribution in [1.82, 2.24) is 9.78 Å². The first-order valence-corrected chi connectivity index (χ1v) is 6.50. The van der Waals surface area contributed by atoms with Gasteiger partial charge in [-0.05, 0) is 34.7 Å². The maximum atomic E-state index is 10.2. The molecule has 0 radical (unpaired) electrons. The lowest BCUT2D eigenvalue weighted by molar-refractivity contribution is -0.00121. The second-order valence-corrected chi connectivity index (χ2v) is 5.22. The van der Waals surface area contributed by atoms with Crippen molar-refractivity contribution in [2.24, 2.45) is 5.92 Å². The molecule has 1 aromatic heterocycles. The van der Waals surface area contributed by atoms with Gasteiger partial charge in [0.1, 0.15) is 6.10 Å². The van der Waals surface area contributed by atoms with Gasteiger partial charge in [-0.3, -0.25) is 4.68 Å². The van der Waals surface area contributed by atoms with Crippen molar-refractivity contribution in [2.45, 2.75) is 31.6 Å². The Morgan fingerprint density at radius 3 is 2.88 bits per heavy atom. The Bertz CT molecular complexity index is 379. The number of aromatic nitrogens is 2. The Kier molecular flexibility index (Phi) is 4.19. The van der Waals surface area contributed by atoms with E-state index in [0.717, 1.165) is 17.3 Å². The maximum Gasteiger partial charge on any atom is 0.123 e. The number of methoxy groups -OCH3 is 1. The lowest BCUT2D eigenvalue weighted by atomic mass is 10.1. The number of aliphatic hydroxyl groups excluding tert-OH is 2. The van der Waals surface area contributed by atoms with Crippen LogP contribution in [-0.2, 0) is 11.3 Å². The van der Waals surface area contributed by atoms with Crippen LogP contribution in [0.3, 0.4) is 0 Å². The van der Waals surface area contributed by atoms with Crippen LogP contribution < -0.4 is 0 Å². The highest BCUT2D eigenvalue weighted by Crippen LogP contribution is 2.39. The first-order valence-electron chi connectivity index (χ1n) is 5.71. The highest BCUT2D eigenvalue weighted by Gasteiger charge is 2.37. The van der Waals surface area contributed by atoms with E-state index in [-0.39, 0.29) is 5.92 Å². The summed E-state index contributed by atoms with van der Waals surface area (Å²) in [7, 11) is 1.62. The topological polar surface area (TPSA) is 67.5 Å². The number of rotatable bonds is 6. The number of nitrogens with zero attached hydrogens (tertiary/aromatic N) is 2. The summed E-state index contributed by atoms with van der Waals surface area (Å²) in [6, 6.07) is 0. The summed E-state index contributed by atoms with van der Waals surface area (Å²) >= 11 is 3.35. The Balaban J connectivity index is 2.13. The molecule has 1 aliphatic rings. The molecular weight excluding hydrogens is 288 g/mol. The molecule has 0 aromatic carbocycles. The Labute approximate surface area is 109 Å². The monoisotopic (exact) mass is 304 g/mol. The molecule has 1 aromatic rings. The molecule has 5 nitrogen and oxygen atoms in total. The van der Waals surface area contributed by atoms with Crippen LogP contribution in [0.15, 0.2) is 10.7 Å². The summed E-state index contributed by atoms with van der Waals surface area (Å²) in [5.41, 5.74) is 0.626. The van der Waals surface area contributed by atoms with E-state index in [1.807, 2.05) is 0 Å². The molecule has 2 atom stereocenters. The van der Waals surface area contributed by atoms with Crippen molar-refractivity contribution < 1.29 is 14.9 Å². The largest absolute Gasteiger partial charge is 0.390 e. The molecule has 0 amide bonds. The minimum Gasteiger partial charge on any atom is -0.390 e. The molecule has 0 aliphatic heterocycles. The summed E-state index contributed by atoms with van der Waals surface area (Å²) in [5, 5.41) is 24.3. The molecule has 0 bridgehead atoms. The predicted molar refractivity (Wildman–Crippen MR) is 65.5 cm³/mol. The number of hydrogen-bond acceptors (Lipinski definition) is 4. The maximum absolute atomic E-state index is 10.2. The van der Waals surface area contributed by atoms with Gasteiger partial charge < -0.3 is 14.9 Å². The average molecular weight is 305 g/mol. The van der Waals surface area contributed by atoms with Crippen molar-refractivity contribution in [3.63, 3.8) is 0 Å². The lowest BCUT2D eigenvalue weighted by Crippen LogP contribution is -2.24. The molecule has 17 heavy (non-hydrogen) atoms. The van der Waals surface area contributed by atoms with E-state index in [9.17, 15) is 10.2 Å². The Morgan fingerprint density at radius 2 is 2.29 bits per heavy atom. The molecule has 6 heteroatoms. The van der Waals surface area contributed by atoms with Gasteiger partial charge in [-0.2, -0.15) is 5.10 Å². The zero-order chi connectivity index (χ0) is 12.4. The number of halogens is 1. The molecule has 1 saturated carbocycles. The minimum absolute atomic E-state index is 0.225. The quantitative estimate of drug-likeness (QED) is 0.826. The molecule has 0 saturated heterocycles. The Hall–Kier alpha value is -0.430. The van der Waals surface area contributed by atoms with Gasteiger partial charge in [-0.1, -0.05) is 0 Å². The van der Waals surface area contributed by atoms with E-state index in [1.54, 1.807) is 18.0 Å². The number of aliphatic hydroxyl groups is 2. The van der Waals surface area contributed by atoms with Crippen LogP contribution in [-0.4, -0.2) is 39.8 Å². The fourth-order valence-corrected chi connectivity index (χ4v) is 2.41. The molecule has 96 valence electrons. The summed E-state index contributed by atoms with van der Waals surface area (Å²) in [6.07, 6.45) is 2.01. The lowest BCUT2D eigenvalue weighted by Gasteiger charge is -2.19. The fourth-order valence-electron chi connectivity index (χ4n) is 1.88. The smallest absolute Gasteiger partial charge is 0.123 e. The van der Waals surface area contributed by atoms with Crippen LogP contribution in [0.4, 0.5) is 0 Å². The number of hydrogen-bond donors (Lipinski definition) is 2. The van der Waals surface area contributed by atoms with Crippen molar-refractivity contribution in [1.29, 1.82) is 0 Å². The van der Waals surface area contributed by atoms with Gasteiger partial charge in [-0.25, -0.2) is 0 Å². The summed E-state index contributed by atoms with van der Waals surface area (Å²) in [5.74, 6) is 0.225. The fraction of sp³-hybridized carbons (Fsp3) is 0.727. The van der Waals surface area contributed by atoms with Gasteiger partial charge in [0.2, 0.25) is 0 Å². The van der Waals surface area contributed by atoms with Crippen molar-refractivity contribution in [3.05, 3.63) is 16.4 Å². The third-order valence-corrected chi connectivity index (χ3v) is 3.66. The third kappa shape index (κ3) is 2.88. The molecule has 1 fully saturated rings. The molecule has 2 N–H and O–H groups in total. The van der Waals surface area contributed by atoms with Crippen LogP contribution >= 0.6 is 15.9 Å². The van der Waals surface area contributed by atoms with Crippen LogP contribution in [0.2, 0.25) is 0 Å². The summed E-state index contributed by atoms with van der Waals surface area (Å²) in [6.45, 7) is 1.08. The zero-order valence-corrected chi connectivity index (χ0v) is 11.3. The second kappa shape index (κ2) is 5.48. The van der Waals surface area contributed by atoms with Gasteiger partial charge >= 0.3 is 0 Å². The van der Waals surface area contributed by atoms with Gasteiger partial charge in [0.05, 0.1) is 35.6 Å². The minimum atomic E-state index is -0.892. The van der Waals surface area contributed by atoms with Crippen LogP contribution in [0.1, 0.15) is 24.6 Å². The van der Waals surface area contributed by atoms with Crippen molar-refractivity contribution >= 4 is 15.9 Å². The first-order chi connectivity index (χ1) is 8.15. The average Bonchev–Trinajstić information content (AvgIpc) is 3.10. The van der Waals surface area contributed by atoms with E-state index < -0.39 is 12.2 Å². The van der Waals surface area contributed by atoms with E-state index >= 15 is 0 Å². The molecule has 0 spiro atoms. The first kappa shape index (κ1) is 13.0. The summed E-state index contributed by atoms with van der Waals surface area (Å²) < 4.78 is 7.38. The predicted octanol–water partition coefficient (Wildman–Crippen LogP) is 1.10. The number of ether oxygens (including phenoxy) is 1. The third-order valence-electron chi connectivity index (χ3n) is 3.05. The molecular formula is C11H17BrN2O3. The van der Waals surface area contributed by atoms with Crippen molar-refractivity contribution in [3.8, 4) is 0 Å². The SMILES string of the molecule is COCCn1ncc(Br)c1C(O)C(O)C1CC1. The van der Waals surface area contributed by atoms with Crippen LogP contribution in [0.25, 0.3) is 0 Å². The standard InChI is InChI=1S/C11H17BrN2O3/c1-17-5-4-14-9(8(12)6-13-14)11(16)10(15)7-2-3-7/h6-7,10-11,15-16H,2-5H2,1H3. The van der Waals surface area contributed by atoms with Crippen molar-refractivity contribution in [2.75, 3.05) is 13.7 Å². The molecule has 2 unspecified atom stereocenters. The van der Waals surface area contributed by atoms with Gasteiger partial charge in [0, 0.05) is 7.11 Å². The van der Waals surface area contributed by atoms with E-state index in [0.29, 0.717) is 18.8 Å². The summed E-state index contributed by atoms with van der Waals surface area (Å²) in [4.78, 5) is 0. The zero-order valence-electron chi connectivity index (χ0n) is 9.71. The Morgan fingerprint density at radius 1 is 1.59 bits per heavy atom. The molecule has 1 heterocycles. The van der Waals surface area contributed by atoms with Crippen LogP contribution in [0.5, 0.6) is 0 Å². The van der Waals surface area contributed by atoms with Crippen LogP contribution in [0, 0.1) is 5.92 Å². The second-order valence-electron chi connectivity index (χ2n) is 4.37. The highest BCUT2D eigenvalue weighted by atomic mass is 79.9. The highest BCUT2D eigenvalue weighted by molar-refractivity contribution is 9.10. The normalized spacial score (nSPS) is 19.3. The molecule has 1 aliphatic carbocycles. The van der Waals surface area contributed by atoms with E-state index in [1.165, 1.54) is 0 Å². The van der Waals surface area contributed by atoms with Gasteiger partial charge in [-0.15, -0.1) is 0 Å².